The summed E-state index contributed by atoms with van der Waals surface area (Å²) >= 11 is 0. The van der Waals surface area contributed by atoms with E-state index >= 15 is 0 Å². The van der Waals surface area contributed by atoms with Crippen LogP contribution < -0.4 is 10.1 Å². The standard InChI is InChI=1S/C15H19F2N3O6S/c1-27(24,25)19-4-2-3-10(8-19)15(21)18-11-5-12(20(22)23)7-13(6-11)26-9-14(16)17/h5-7,10,14H,2-4,8-9H2,1H3,(H,18,21)/t10-/m0/s1. The van der Waals surface area contributed by atoms with E-state index in [1.54, 1.807) is 0 Å². The molecule has 9 nitrogen and oxygen atoms in total. The van der Waals surface area contributed by atoms with Crippen molar-refractivity contribution < 1.29 is 31.7 Å². The number of sulfonamides is 1. The number of hydrogen-bond donors (Lipinski definition) is 1. The van der Waals surface area contributed by atoms with Crippen LogP contribution in [0.3, 0.4) is 0 Å². The van der Waals surface area contributed by atoms with Crippen LogP contribution in [0.1, 0.15) is 12.8 Å². The second kappa shape index (κ2) is 8.57. The van der Waals surface area contributed by atoms with E-state index in [4.69, 9.17) is 4.74 Å². The van der Waals surface area contributed by atoms with Crippen LogP contribution >= 0.6 is 0 Å². The number of alkyl halides is 2. The number of rotatable bonds is 7. The van der Waals surface area contributed by atoms with E-state index in [-0.39, 0.29) is 18.0 Å². The summed E-state index contributed by atoms with van der Waals surface area (Å²) < 4.78 is 53.9. The minimum absolute atomic E-state index is 0.00827. The molecule has 1 aromatic rings. The molecule has 0 bridgehead atoms. The monoisotopic (exact) mass is 407 g/mol. The first-order chi connectivity index (χ1) is 12.6. The fraction of sp³-hybridized carbons (Fsp3) is 0.533. The Morgan fingerprint density at radius 3 is 2.74 bits per heavy atom. The molecule has 1 atom stereocenters. The summed E-state index contributed by atoms with van der Waals surface area (Å²) in [5, 5.41) is 13.5. The maximum atomic E-state index is 12.4. The third kappa shape index (κ3) is 6.10. The van der Waals surface area contributed by atoms with Crippen LogP contribution in [0, 0.1) is 16.0 Å². The third-order valence-electron chi connectivity index (χ3n) is 3.97. The number of amides is 1. The van der Waals surface area contributed by atoms with Gasteiger partial charge in [0.05, 0.1) is 28.9 Å². The fourth-order valence-electron chi connectivity index (χ4n) is 2.71. The maximum absolute atomic E-state index is 12.4. The molecule has 0 spiro atoms. The summed E-state index contributed by atoms with van der Waals surface area (Å²) in [7, 11) is -3.43. The molecule has 1 aliphatic heterocycles. The van der Waals surface area contributed by atoms with Crippen LogP contribution in [0.4, 0.5) is 20.2 Å². The van der Waals surface area contributed by atoms with Crippen molar-refractivity contribution in [3.63, 3.8) is 0 Å². The second-order valence-corrected chi connectivity index (χ2v) is 8.11. The van der Waals surface area contributed by atoms with Gasteiger partial charge in [-0.2, -0.15) is 0 Å². The third-order valence-corrected chi connectivity index (χ3v) is 5.24. The average molecular weight is 407 g/mol. The van der Waals surface area contributed by atoms with E-state index in [0.29, 0.717) is 19.4 Å². The van der Waals surface area contributed by atoms with Gasteiger partial charge in [-0.05, 0) is 12.8 Å². The Bertz CT molecular complexity index is 818. The molecule has 0 aromatic heterocycles. The van der Waals surface area contributed by atoms with Gasteiger partial charge < -0.3 is 10.1 Å². The van der Waals surface area contributed by atoms with Gasteiger partial charge in [0.1, 0.15) is 12.4 Å². The summed E-state index contributed by atoms with van der Waals surface area (Å²) in [5.74, 6) is -1.32. The van der Waals surface area contributed by atoms with Crippen molar-refractivity contribution in [1.82, 2.24) is 4.31 Å². The number of nitrogens with one attached hydrogen (secondary N) is 1. The molecular formula is C15H19F2N3O6S. The van der Waals surface area contributed by atoms with Gasteiger partial charge in [-0.15, -0.1) is 0 Å². The molecular weight excluding hydrogens is 388 g/mol. The summed E-state index contributed by atoms with van der Waals surface area (Å²) in [6.07, 6.45) is -0.739. The van der Waals surface area contributed by atoms with Gasteiger partial charge in [0, 0.05) is 25.2 Å². The molecule has 1 heterocycles. The van der Waals surface area contributed by atoms with Gasteiger partial charge in [-0.1, -0.05) is 0 Å². The minimum Gasteiger partial charge on any atom is -0.487 e. The molecule has 27 heavy (non-hydrogen) atoms. The number of carbonyl (C=O) groups excluding carboxylic acids is 1. The maximum Gasteiger partial charge on any atom is 0.275 e. The highest BCUT2D eigenvalue weighted by molar-refractivity contribution is 7.88. The normalized spacial score (nSPS) is 18.3. The highest BCUT2D eigenvalue weighted by Gasteiger charge is 2.30. The van der Waals surface area contributed by atoms with Crippen molar-refractivity contribution in [3.8, 4) is 5.75 Å². The Balaban J connectivity index is 2.15. The Labute approximate surface area is 154 Å². The lowest BCUT2D eigenvalue weighted by Crippen LogP contribution is -2.43. The number of non-ortho nitro benzene ring substituents is 1. The predicted molar refractivity (Wildman–Crippen MR) is 92.4 cm³/mol. The Morgan fingerprint density at radius 1 is 1.44 bits per heavy atom. The molecule has 2 rings (SSSR count). The number of anilines is 1. The number of nitro groups is 1. The van der Waals surface area contributed by atoms with Crippen molar-refractivity contribution >= 4 is 27.3 Å². The lowest BCUT2D eigenvalue weighted by atomic mass is 9.98. The van der Waals surface area contributed by atoms with Gasteiger partial charge in [0.2, 0.25) is 15.9 Å². The topological polar surface area (TPSA) is 119 Å². The Morgan fingerprint density at radius 2 is 2.15 bits per heavy atom. The van der Waals surface area contributed by atoms with Crippen LogP contribution in [0.2, 0.25) is 0 Å². The number of carbonyl (C=O) groups is 1. The molecule has 0 aliphatic carbocycles. The van der Waals surface area contributed by atoms with Gasteiger partial charge in [-0.3, -0.25) is 14.9 Å². The summed E-state index contributed by atoms with van der Waals surface area (Å²) in [5.41, 5.74) is -0.423. The van der Waals surface area contributed by atoms with Crippen LogP contribution in [-0.4, -0.2) is 55.9 Å². The van der Waals surface area contributed by atoms with E-state index in [9.17, 15) is 32.1 Å². The molecule has 1 aliphatic rings. The molecule has 1 saturated heterocycles. The zero-order valence-corrected chi connectivity index (χ0v) is 15.2. The van der Waals surface area contributed by atoms with Crippen molar-refractivity contribution in [1.29, 1.82) is 0 Å². The number of nitro benzene ring substituents is 1. The number of halogens is 2. The van der Waals surface area contributed by atoms with Gasteiger partial charge in [0.25, 0.3) is 12.1 Å². The van der Waals surface area contributed by atoms with E-state index in [1.807, 2.05) is 0 Å². The number of ether oxygens (including phenoxy) is 1. The smallest absolute Gasteiger partial charge is 0.275 e. The second-order valence-electron chi connectivity index (χ2n) is 6.12. The van der Waals surface area contributed by atoms with Crippen molar-refractivity contribution in [2.24, 2.45) is 5.92 Å². The number of benzene rings is 1. The van der Waals surface area contributed by atoms with E-state index < -0.39 is 45.5 Å². The molecule has 0 unspecified atom stereocenters. The van der Waals surface area contributed by atoms with Crippen molar-refractivity contribution in [2.45, 2.75) is 19.3 Å². The first kappa shape index (κ1) is 21.0. The first-order valence-corrected chi connectivity index (χ1v) is 9.87. The zero-order valence-electron chi connectivity index (χ0n) is 14.4. The predicted octanol–water partition coefficient (Wildman–Crippen LogP) is 1.85. The van der Waals surface area contributed by atoms with E-state index in [1.165, 1.54) is 10.4 Å². The highest BCUT2D eigenvalue weighted by Crippen LogP contribution is 2.28. The number of hydrogen-bond acceptors (Lipinski definition) is 6. The lowest BCUT2D eigenvalue weighted by Gasteiger charge is -2.30. The SMILES string of the molecule is CS(=O)(=O)N1CCC[C@H](C(=O)Nc2cc(OCC(F)F)cc([N+](=O)[O-])c2)C1. The van der Waals surface area contributed by atoms with Crippen molar-refractivity contribution in [3.05, 3.63) is 28.3 Å². The first-order valence-electron chi connectivity index (χ1n) is 8.02. The van der Waals surface area contributed by atoms with Crippen molar-refractivity contribution in [2.75, 3.05) is 31.3 Å². The van der Waals surface area contributed by atoms with E-state index in [0.717, 1.165) is 18.4 Å². The van der Waals surface area contributed by atoms with E-state index in [2.05, 4.69) is 5.32 Å². The number of nitrogens with zero attached hydrogens (tertiary/aromatic N) is 2. The molecule has 0 saturated carbocycles. The van der Waals surface area contributed by atoms with Gasteiger partial charge >= 0.3 is 0 Å². The van der Waals surface area contributed by atoms with Crippen LogP contribution in [0.15, 0.2) is 18.2 Å². The zero-order chi connectivity index (χ0) is 20.2. The Kier molecular flexibility index (Phi) is 6.65. The number of piperidine rings is 1. The largest absolute Gasteiger partial charge is 0.487 e. The molecule has 1 N–H and O–H groups in total. The minimum atomic E-state index is -3.43. The molecule has 0 radical (unpaired) electrons. The summed E-state index contributed by atoms with van der Waals surface area (Å²) in [6, 6.07) is 3.25. The summed E-state index contributed by atoms with van der Waals surface area (Å²) in [6.45, 7) is -0.611. The molecule has 12 heteroatoms. The lowest BCUT2D eigenvalue weighted by molar-refractivity contribution is -0.384. The molecule has 150 valence electrons. The quantitative estimate of drug-likeness (QED) is 0.544. The highest BCUT2D eigenvalue weighted by atomic mass is 32.2. The van der Waals surface area contributed by atoms with Crippen LogP contribution in [0.5, 0.6) is 5.75 Å². The van der Waals surface area contributed by atoms with Gasteiger partial charge in [-0.25, -0.2) is 21.5 Å². The Hall–Kier alpha value is -2.34. The summed E-state index contributed by atoms with van der Waals surface area (Å²) in [4.78, 5) is 22.7. The van der Waals surface area contributed by atoms with Gasteiger partial charge in [0.15, 0.2) is 0 Å². The van der Waals surface area contributed by atoms with Crippen LogP contribution in [0.25, 0.3) is 0 Å². The average Bonchev–Trinajstić information content (AvgIpc) is 2.59. The van der Waals surface area contributed by atoms with Crippen LogP contribution in [-0.2, 0) is 14.8 Å². The molecule has 1 amide bonds. The molecule has 1 fully saturated rings. The fourth-order valence-corrected chi connectivity index (χ4v) is 3.62. The molecule has 1 aromatic carbocycles.